The average molecular weight is 465 g/mol. The minimum Gasteiger partial charge on any atom is -0.454 e. The van der Waals surface area contributed by atoms with Crippen LogP contribution in [0.4, 0.5) is 0 Å². The molecule has 32 heavy (non-hydrogen) atoms. The lowest BCUT2D eigenvalue weighted by Crippen LogP contribution is -2.50. The van der Waals surface area contributed by atoms with Crippen molar-refractivity contribution < 1.29 is 27.5 Å². The Morgan fingerprint density at radius 2 is 1.66 bits per heavy atom. The van der Waals surface area contributed by atoms with E-state index in [1.807, 2.05) is 6.92 Å². The van der Waals surface area contributed by atoms with E-state index in [0.29, 0.717) is 31.4 Å². The Hall–Kier alpha value is -2.26. The Bertz CT molecular complexity index is 944. The highest BCUT2D eigenvalue weighted by Crippen LogP contribution is 2.27. The molecule has 2 saturated heterocycles. The highest BCUT2D eigenvalue weighted by molar-refractivity contribution is 7.89. The smallest absolute Gasteiger partial charge is 0.324 e. The van der Waals surface area contributed by atoms with Crippen molar-refractivity contribution in [1.82, 2.24) is 9.21 Å². The molecule has 2 aliphatic rings. The number of ketones is 1. The second kappa shape index (κ2) is 10.6. The minimum atomic E-state index is -3.94. The molecule has 2 aliphatic heterocycles. The van der Waals surface area contributed by atoms with Crippen LogP contribution in [0.2, 0.25) is 0 Å². The number of carbonyl (C=O) groups excluding carboxylic acids is 3. The third kappa shape index (κ3) is 5.38. The van der Waals surface area contributed by atoms with Crippen molar-refractivity contribution in [1.29, 1.82) is 0 Å². The molecule has 2 heterocycles. The number of carbonyl (C=O) groups is 3. The molecule has 0 bridgehead atoms. The van der Waals surface area contributed by atoms with Gasteiger partial charge in [0, 0.05) is 24.7 Å². The van der Waals surface area contributed by atoms with Crippen LogP contribution in [-0.2, 0) is 24.3 Å². The number of likely N-dealkylation sites (tertiary alicyclic amines) is 1. The van der Waals surface area contributed by atoms with Crippen LogP contribution < -0.4 is 0 Å². The molecular formula is C23H32N2O6S. The number of piperidine rings is 2. The number of sulfonamides is 1. The van der Waals surface area contributed by atoms with E-state index in [4.69, 9.17) is 4.74 Å². The van der Waals surface area contributed by atoms with Crippen LogP contribution >= 0.6 is 0 Å². The van der Waals surface area contributed by atoms with E-state index in [2.05, 4.69) is 0 Å². The summed E-state index contributed by atoms with van der Waals surface area (Å²) < 4.78 is 32.9. The molecule has 2 atom stereocenters. The fourth-order valence-electron chi connectivity index (χ4n) is 4.49. The first-order chi connectivity index (χ1) is 15.3. The van der Waals surface area contributed by atoms with Crippen LogP contribution in [0.3, 0.4) is 0 Å². The van der Waals surface area contributed by atoms with Gasteiger partial charge in [-0.05, 0) is 64.0 Å². The van der Waals surface area contributed by atoms with Gasteiger partial charge < -0.3 is 9.64 Å². The van der Waals surface area contributed by atoms with E-state index in [-0.39, 0.29) is 35.8 Å². The van der Waals surface area contributed by atoms with Crippen LogP contribution in [-0.4, -0.2) is 67.1 Å². The summed E-state index contributed by atoms with van der Waals surface area (Å²) in [5.74, 6) is -1.07. The van der Waals surface area contributed by atoms with Crippen molar-refractivity contribution in [2.45, 2.75) is 75.8 Å². The number of benzene rings is 1. The summed E-state index contributed by atoms with van der Waals surface area (Å²) in [5, 5.41) is 0. The summed E-state index contributed by atoms with van der Waals surface area (Å²) in [4.78, 5) is 38.7. The molecule has 0 radical (unpaired) electrons. The number of hydrogen-bond acceptors (Lipinski definition) is 6. The van der Waals surface area contributed by atoms with Gasteiger partial charge in [0.1, 0.15) is 6.04 Å². The van der Waals surface area contributed by atoms with Crippen LogP contribution in [0.1, 0.15) is 69.2 Å². The SMILES string of the molecule is CCC1CCCCN1C(=O)COC(=O)C1CCCCN1S(=O)(=O)c1ccc(C(C)=O)cc1. The fraction of sp³-hybridized carbons (Fsp3) is 0.609. The molecule has 0 saturated carbocycles. The van der Waals surface area contributed by atoms with Crippen molar-refractivity contribution in [2.75, 3.05) is 19.7 Å². The second-order valence-corrected chi connectivity index (χ2v) is 10.4. The number of nitrogens with zero attached hydrogens (tertiary/aromatic N) is 2. The van der Waals surface area contributed by atoms with E-state index in [1.54, 1.807) is 4.90 Å². The lowest BCUT2D eigenvalue weighted by molar-refractivity contribution is -0.157. The first-order valence-corrected chi connectivity index (χ1v) is 12.8. The molecule has 1 aromatic carbocycles. The van der Waals surface area contributed by atoms with Crippen molar-refractivity contribution in [3.05, 3.63) is 29.8 Å². The van der Waals surface area contributed by atoms with E-state index in [0.717, 1.165) is 25.7 Å². The maximum Gasteiger partial charge on any atom is 0.324 e. The maximum atomic E-state index is 13.2. The topological polar surface area (TPSA) is 101 Å². The summed E-state index contributed by atoms with van der Waals surface area (Å²) in [6, 6.07) is 4.90. The van der Waals surface area contributed by atoms with Crippen molar-refractivity contribution in [3.63, 3.8) is 0 Å². The van der Waals surface area contributed by atoms with Crippen LogP contribution in [0.25, 0.3) is 0 Å². The Labute approximate surface area is 190 Å². The van der Waals surface area contributed by atoms with Gasteiger partial charge >= 0.3 is 5.97 Å². The molecule has 1 amide bonds. The summed E-state index contributed by atoms with van der Waals surface area (Å²) in [7, 11) is -3.94. The molecule has 2 unspecified atom stereocenters. The predicted octanol–water partition coefficient (Wildman–Crippen LogP) is 2.77. The normalized spacial score (nSPS) is 22.4. The third-order valence-electron chi connectivity index (χ3n) is 6.35. The van der Waals surface area contributed by atoms with E-state index >= 15 is 0 Å². The molecular weight excluding hydrogens is 432 g/mol. The Kier molecular flexibility index (Phi) is 8.05. The van der Waals surface area contributed by atoms with E-state index in [1.165, 1.54) is 35.5 Å². The first-order valence-electron chi connectivity index (χ1n) is 11.3. The Morgan fingerprint density at radius 3 is 2.31 bits per heavy atom. The molecule has 3 rings (SSSR count). The number of Topliss-reactive ketones (excluding diaryl/α,β-unsaturated/α-hetero) is 1. The standard InChI is InChI=1S/C23H32N2O6S/c1-3-19-8-4-6-14-24(19)22(27)16-31-23(28)21-9-5-7-15-25(21)32(29,30)20-12-10-18(11-13-20)17(2)26/h10-13,19,21H,3-9,14-16H2,1-2H3. The van der Waals surface area contributed by atoms with Gasteiger partial charge in [0.05, 0.1) is 4.90 Å². The molecule has 0 spiro atoms. The number of amides is 1. The second-order valence-electron chi connectivity index (χ2n) is 8.46. The quantitative estimate of drug-likeness (QED) is 0.454. The molecule has 2 fully saturated rings. The largest absolute Gasteiger partial charge is 0.454 e. The van der Waals surface area contributed by atoms with Crippen molar-refractivity contribution >= 4 is 27.7 Å². The maximum absolute atomic E-state index is 13.2. The van der Waals surface area contributed by atoms with Crippen LogP contribution in [0, 0.1) is 0 Å². The van der Waals surface area contributed by atoms with Gasteiger partial charge in [0.2, 0.25) is 10.0 Å². The average Bonchev–Trinajstić information content (AvgIpc) is 2.82. The number of ether oxygens (including phenoxy) is 1. The highest BCUT2D eigenvalue weighted by atomic mass is 32.2. The van der Waals surface area contributed by atoms with E-state index < -0.39 is 22.0 Å². The Balaban J connectivity index is 1.69. The monoisotopic (exact) mass is 464 g/mol. The van der Waals surface area contributed by atoms with Gasteiger partial charge in [-0.2, -0.15) is 4.31 Å². The summed E-state index contributed by atoms with van der Waals surface area (Å²) in [6.07, 6.45) is 5.52. The lowest BCUT2D eigenvalue weighted by Gasteiger charge is -2.36. The molecule has 9 heteroatoms. The number of esters is 1. The van der Waals surface area contributed by atoms with Gasteiger partial charge in [0.15, 0.2) is 12.4 Å². The van der Waals surface area contributed by atoms with Crippen LogP contribution in [0.5, 0.6) is 0 Å². The molecule has 1 aromatic rings. The highest BCUT2D eigenvalue weighted by Gasteiger charge is 2.39. The molecule has 0 aromatic heterocycles. The summed E-state index contributed by atoms with van der Waals surface area (Å²) >= 11 is 0. The van der Waals surface area contributed by atoms with Gasteiger partial charge in [0.25, 0.3) is 5.91 Å². The molecule has 176 valence electrons. The molecule has 8 nitrogen and oxygen atoms in total. The molecule has 0 N–H and O–H groups in total. The van der Waals surface area contributed by atoms with Crippen molar-refractivity contribution in [2.24, 2.45) is 0 Å². The van der Waals surface area contributed by atoms with E-state index in [9.17, 15) is 22.8 Å². The summed E-state index contributed by atoms with van der Waals surface area (Å²) in [5.41, 5.74) is 0.417. The third-order valence-corrected chi connectivity index (χ3v) is 8.27. The zero-order valence-electron chi connectivity index (χ0n) is 18.8. The van der Waals surface area contributed by atoms with Gasteiger partial charge in [-0.3, -0.25) is 14.4 Å². The number of hydrogen-bond donors (Lipinski definition) is 0. The van der Waals surface area contributed by atoms with Crippen molar-refractivity contribution in [3.8, 4) is 0 Å². The fourth-order valence-corrected chi connectivity index (χ4v) is 6.14. The number of rotatable bonds is 7. The van der Waals surface area contributed by atoms with Gasteiger partial charge in [-0.25, -0.2) is 8.42 Å². The first kappa shape index (κ1) is 24.4. The van der Waals surface area contributed by atoms with Gasteiger partial charge in [-0.1, -0.05) is 19.1 Å². The predicted molar refractivity (Wildman–Crippen MR) is 119 cm³/mol. The summed E-state index contributed by atoms with van der Waals surface area (Å²) in [6.45, 7) is 3.95. The minimum absolute atomic E-state index is 0.0254. The zero-order valence-corrected chi connectivity index (χ0v) is 19.6. The zero-order chi connectivity index (χ0) is 23.3. The van der Waals surface area contributed by atoms with Crippen LogP contribution in [0.15, 0.2) is 29.2 Å². The Morgan fingerprint density at radius 1 is 1.00 bits per heavy atom. The lowest BCUT2D eigenvalue weighted by atomic mass is 10.00. The van der Waals surface area contributed by atoms with Gasteiger partial charge in [-0.15, -0.1) is 0 Å². The molecule has 0 aliphatic carbocycles.